The Labute approximate surface area is 136 Å². The monoisotopic (exact) mass is 311 g/mol. The third-order valence-electron chi connectivity index (χ3n) is 4.35. The van der Waals surface area contributed by atoms with E-state index in [0.717, 1.165) is 35.7 Å². The number of methoxy groups -OCH3 is 1. The lowest BCUT2D eigenvalue weighted by Crippen LogP contribution is -2.46. The molecule has 0 N–H and O–H groups in total. The molecule has 0 aliphatic carbocycles. The predicted octanol–water partition coefficient (Wildman–Crippen LogP) is 2.35. The molecule has 1 aromatic carbocycles. The summed E-state index contributed by atoms with van der Waals surface area (Å²) in [6, 6.07) is 10.3. The highest BCUT2D eigenvalue weighted by Crippen LogP contribution is 2.29. The molecule has 0 aromatic heterocycles. The van der Waals surface area contributed by atoms with Crippen LogP contribution < -0.4 is 4.74 Å². The lowest BCUT2D eigenvalue weighted by Gasteiger charge is -2.36. The number of nitrogens with zero attached hydrogens (tertiary/aromatic N) is 3. The summed E-state index contributed by atoms with van der Waals surface area (Å²) in [4.78, 5) is 7.06. The summed E-state index contributed by atoms with van der Waals surface area (Å²) in [5, 5.41) is 9.58. The maximum absolute atomic E-state index is 9.58. The zero-order valence-electron chi connectivity index (χ0n) is 13.5. The van der Waals surface area contributed by atoms with Gasteiger partial charge in [-0.1, -0.05) is 18.2 Å². The molecule has 2 unspecified atom stereocenters. The maximum atomic E-state index is 9.58. The van der Waals surface area contributed by atoms with Gasteiger partial charge in [0.2, 0.25) is 0 Å². The van der Waals surface area contributed by atoms with E-state index in [0.29, 0.717) is 13.2 Å². The van der Waals surface area contributed by atoms with Crippen molar-refractivity contribution in [3.8, 4) is 11.8 Å². The first kappa shape index (κ1) is 15.7. The van der Waals surface area contributed by atoms with E-state index in [1.165, 1.54) is 0 Å². The fourth-order valence-corrected chi connectivity index (χ4v) is 3.06. The van der Waals surface area contributed by atoms with E-state index in [-0.39, 0.29) is 12.1 Å². The number of rotatable bonds is 3. The fourth-order valence-electron chi connectivity index (χ4n) is 3.06. The van der Waals surface area contributed by atoms with Gasteiger partial charge in [-0.15, -0.1) is 0 Å². The molecule has 0 saturated carbocycles. The van der Waals surface area contributed by atoms with E-state index in [4.69, 9.17) is 14.5 Å². The molecule has 1 aromatic rings. The van der Waals surface area contributed by atoms with E-state index in [2.05, 4.69) is 11.0 Å². The molecule has 0 radical (unpaired) electrons. The van der Waals surface area contributed by atoms with Gasteiger partial charge in [0.05, 0.1) is 26.4 Å². The Morgan fingerprint density at radius 2 is 1.96 bits per heavy atom. The molecule has 120 valence electrons. The van der Waals surface area contributed by atoms with Crippen LogP contribution >= 0.6 is 0 Å². The average Bonchev–Trinajstić information content (AvgIpc) is 2.62. The Kier molecular flexibility index (Phi) is 4.75. The van der Waals surface area contributed by atoms with Gasteiger partial charge in [0.25, 0.3) is 0 Å². The third-order valence-corrected chi connectivity index (χ3v) is 4.35. The Balaban J connectivity index is 1.86. The summed E-state index contributed by atoms with van der Waals surface area (Å²) in [7, 11) is 1.65. The van der Waals surface area contributed by atoms with Gasteiger partial charge in [0, 0.05) is 18.8 Å². The van der Waals surface area contributed by atoms with Gasteiger partial charge in [-0.05, 0) is 30.2 Å². The van der Waals surface area contributed by atoms with E-state index in [9.17, 15) is 5.26 Å². The van der Waals surface area contributed by atoms with Crippen LogP contribution in [0.25, 0.3) is 5.57 Å². The molecule has 5 heteroatoms. The van der Waals surface area contributed by atoms with Crippen molar-refractivity contribution >= 4 is 11.3 Å². The largest absolute Gasteiger partial charge is 0.497 e. The molecule has 1 saturated heterocycles. The summed E-state index contributed by atoms with van der Waals surface area (Å²) in [5.41, 5.74) is 3.06. The molecule has 3 rings (SSSR count). The number of ether oxygens (including phenoxy) is 2. The summed E-state index contributed by atoms with van der Waals surface area (Å²) < 4.78 is 10.6. The molecular formula is C18H21N3O2. The van der Waals surface area contributed by atoms with E-state index >= 15 is 0 Å². The number of benzene rings is 1. The van der Waals surface area contributed by atoms with Crippen LogP contribution in [0.3, 0.4) is 0 Å². The smallest absolute Gasteiger partial charge is 0.122 e. The summed E-state index contributed by atoms with van der Waals surface area (Å²) in [6.07, 6.45) is 1.94. The van der Waals surface area contributed by atoms with Crippen molar-refractivity contribution in [1.82, 2.24) is 4.90 Å². The van der Waals surface area contributed by atoms with Crippen LogP contribution in [0.5, 0.6) is 5.75 Å². The van der Waals surface area contributed by atoms with Crippen molar-refractivity contribution in [2.45, 2.75) is 13.1 Å². The molecule has 5 nitrogen and oxygen atoms in total. The van der Waals surface area contributed by atoms with Crippen LogP contribution in [-0.2, 0) is 4.74 Å². The predicted molar refractivity (Wildman–Crippen MR) is 89.4 cm³/mol. The van der Waals surface area contributed by atoms with Crippen LogP contribution in [0.2, 0.25) is 0 Å². The number of hydrogen-bond acceptors (Lipinski definition) is 5. The standard InChI is InChI=1S/C18H21N3O2/c1-13-17(14-3-5-16(22-2)6-4-14)11-15(12-19)18(20-13)21-7-9-23-10-8-21/h3-6,11,15,18H,7-10H2,1-2H3. The summed E-state index contributed by atoms with van der Waals surface area (Å²) >= 11 is 0. The van der Waals surface area contributed by atoms with Gasteiger partial charge in [-0.25, -0.2) is 0 Å². The number of dihydropyridines is 1. The number of morpholine rings is 1. The first-order chi connectivity index (χ1) is 11.2. The molecular weight excluding hydrogens is 290 g/mol. The second-order valence-corrected chi connectivity index (χ2v) is 5.74. The number of allylic oxidation sites excluding steroid dienone is 1. The normalized spacial score (nSPS) is 25.3. The molecule has 2 atom stereocenters. The van der Waals surface area contributed by atoms with Crippen molar-refractivity contribution in [2.75, 3.05) is 33.4 Å². The highest BCUT2D eigenvalue weighted by molar-refractivity contribution is 6.23. The van der Waals surface area contributed by atoms with Gasteiger partial charge in [-0.2, -0.15) is 5.26 Å². The third kappa shape index (κ3) is 3.29. The highest BCUT2D eigenvalue weighted by atomic mass is 16.5. The molecule has 2 aliphatic rings. The lowest BCUT2D eigenvalue weighted by atomic mass is 9.92. The van der Waals surface area contributed by atoms with E-state index in [1.807, 2.05) is 37.3 Å². The van der Waals surface area contributed by atoms with Crippen LogP contribution in [-0.4, -0.2) is 50.2 Å². The Morgan fingerprint density at radius 1 is 1.26 bits per heavy atom. The quantitative estimate of drug-likeness (QED) is 0.860. The van der Waals surface area contributed by atoms with Crippen LogP contribution in [0.1, 0.15) is 12.5 Å². The minimum atomic E-state index is -0.242. The van der Waals surface area contributed by atoms with Crippen LogP contribution in [0.15, 0.2) is 35.3 Å². The van der Waals surface area contributed by atoms with Gasteiger partial charge in [0.1, 0.15) is 17.8 Å². The van der Waals surface area contributed by atoms with Crippen molar-refractivity contribution in [3.63, 3.8) is 0 Å². The zero-order valence-corrected chi connectivity index (χ0v) is 13.5. The van der Waals surface area contributed by atoms with Gasteiger partial charge >= 0.3 is 0 Å². The number of aliphatic imine (C=N–C) groups is 1. The molecule has 1 fully saturated rings. The SMILES string of the molecule is COc1ccc(C2=CC(C#N)C(N3CCOCC3)N=C2C)cc1. The molecule has 0 bridgehead atoms. The zero-order chi connectivity index (χ0) is 16.2. The minimum Gasteiger partial charge on any atom is -0.497 e. The lowest BCUT2D eigenvalue weighted by molar-refractivity contribution is 0.0136. The average molecular weight is 311 g/mol. The van der Waals surface area contributed by atoms with E-state index < -0.39 is 0 Å². The number of nitriles is 1. The van der Waals surface area contributed by atoms with Crippen LogP contribution in [0, 0.1) is 17.2 Å². The minimum absolute atomic E-state index is 0.106. The molecule has 0 amide bonds. The fraction of sp³-hybridized carbons (Fsp3) is 0.444. The Bertz CT molecular complexity index is 652. The van der Waals surface area contributed by atoms with Crippen molar-refractivity contribution in [3.05, 3.63) is 35.9 Å². The maximum Gasteiger partial charge on any atom is 0.122 e. The van der Waals surface area contributed by atoms with Crippen molar-refractivity contribution in [2.24, 2.45) is 10.9 Å². The summed E-state index contributed by atoms with van der Waals surface area (Å²) in [6.45, 7) is 5.07. The molecule has 2 heterocycles. The second-order valence-electron chi connectivity index (χ2n) is 5.74. The Morgan fingerprint density at radius 3 is 2.57 bits per heavy atom. The van der Waals surface area contributed by atoms with Gasteiger partial charge < -0.3 is 9.47 Å². The molecule has 23 heavy (non-hydrogen) atoms. The van der Waals surface area contributed by atoms with Gasteiger partial charge in [0.15, 0.2) is 0 Å². The van der Waals surface area contributed by atoms with Gasteiger partial charge in [-0.3, -0.25) is 9.89 Å². The second kappa shape index (κ2) is 6.95. The van der Waals surface area contributed by atoms with Crippen molar-refractivity contribution < 1.29 is 9.47 Å². The van der Waals surface area contributed by atoms with Crippen molar-refractivity contribution in [1.29, 1.82) is 5.26 Å². The van der Waals surface area contributed by atoms with Crippen LogP contribution in [0.4, 0.5) is 0 Å². The Hall–Kier alpha value is -2.16. The van der Waals surface area contributed by atoms with E-state index in [1.54, 1.807) is 7.11 Å². The highest BCUT2D eigenvalue weighted by Gasteiger charge is 2.31. The number of hydrogen-bond donors (Lipinski definition) is 0. The molecule has 0 spiro atoms. The topological polar surface area (TPSA) is 57.8 Å². The first-order valence-electron chi connectivity index (χ1n) is 7.85. The summed E-state index contributed by atoms with van der Waals surface area (Å²) in [5.74, 6) is 0.580. The first-order valence-corrected chi connectivity index (χ1v) is 7.85. The molecule has 2 aliphatic heterocycles.